The van der Waals surface area contributed by atoms with Gasteiger partial charge in [0, 0.05) is 4.47 Å². The third-order valence-corrected chi connectivity index (χ3v) is 3.10. The number of hydrogen-bond donors (Lipinski definition) is 0. The first kappa shape index (κ1) is 11.6. The van der Waals surface area contributed by atoms with Gasteiger partial charge in [0.2, 0.25) is 5.90 Å². The summed E-state index contributed by atoms with van der Waals surface area (Å²) >= 11 is 3.31. The number of benzene rings is 1. The summed E-state index contributed by atoms with van der Waals surface area (Å²) < 4.78 is 19.8. The molecular formula is C12H13BrFNO. The molecule has 0 radical (unpaired) electrons. The molecule has 1 aliphatic rings. The minimum Gasteiger partial charge on any atom is -0.475 e. The summed E-state index contributed by atoms with van der Waals surface area (Å²) in [7, 11) is 0. The van der Waals surface area contributed by atoms with Crippen molar-refractivity contribution in [3.05, 3.63) is 34.1 Å². The lowest BCUT2D eigenvalue weighted by Gasteiger charge is -2.06. The molecule has 1 aromatic carbocycles. The Hall–Kier alpha value is -0.900. The van der Waals surface area contributed by atoms with Gasteiger partial charge in [-0.3, -0.25) is 0 Å². The van der Waals surface area contributed by atoms with Crippen LogP contribution in [0.4, 0.5) is 4.39 Å². The van der Waals surface area contributed by atoms with Gasteiger partial charge in [-0.15, -0.1) is 0 Å². The van der Waals surface area contributed by atoms with Crippen LogP contribution in [0.5, 0.6) is 0 Å². The highest BCUT2D eigenvalue weighted by Gasteiger charge is 2.24. The Morgan fingerprint density at radius 1 is 1.50 bits per heavy atom. The Bertz CT molecular complexity index is 431. The minimum atomic E-state index is -0.300. The summed E-state index contributed by atoms with van der Waals surface area (Å²) in [4.78, 5) is 4.39. The van der Waals surface area contributed by atoms with Gasteiger partial charge >= 0.3 is 0 Å². The van der Waals surface area contributed by atoms with E-state index in [9.17, 15) is 4.39 Å². The SMILES string of the molecule is CC(C)[C@@H]1COC(c2cc(Br)ccc2F)=N1. The Kier molecular flexibility index (Phi) is 3.28. The van der Waals surface area contributed by atoms with Crippen molar-refractivity contribution in [3.8, 4) is 0 Å². The zero-order chi connectivity index (χ0) is 11.7. The molecule has 86 valence electrons. The third-order valence-electron chi connectivity index (χ3n) is 2.60. The van der Waals surface area contributed by atoms with Crippen LogP contribution < -0.4 is 0 Å². The Balaban J connectivity index is 2.32. The maximum atomic E-state index is 13.6. The number of nitrogens with zero attached hydrogens (tertiary/aromatic N) is 1. The second-order valence-electron chi connectivity index (χ2n) is 4.18. The summed E-state index contributed by atoms with van der Waals surface area (Å²) in [5.41, 5.74) is 0.428. The van der Waals surface area contributed by atoms with Crippen LogP contribution in [0, 0.1) is 11.7 Å². The van der Waals surface area contributed by atoms with Crippen LogP contribution in [0.15, 0.2) is 27.7 Å². The minimum absolute atomic E-state index is 0.133. The highest BCUT2D eigenvalue weighted by Crippen LogP contribution is 2.22. The lowest BCUT2D eigenvalue weighted by molar-refractivity contribution is 0.291. The number of rotatable bonds is 2. The molecular weight excluding hydrogens is 273 g/mol. The zero-order valence-electron chi connectivity index (χ0n) is 9.21. The van der Waals surface area contributed by atoms with E-state index in [0.717, 1.165) is 4.47 Å². The molecule has 0 amide bonds. The Labute approximate surface area is 103 Å². The fourth-order valence-corrected chi connectivity index (χ4v) is 1.90. The van der Waals surface area contributed by atoms with Gasteiger partial charge in [0.25, 0.3) is 0 Å². The lowest BCUT2D eigenvalue weighted by atomic mass is 10.1. The Morgan fingerprint density at radius 2 is 2.25 bits per heavy atom. The van der Waals surface area contributed by atoms with Crippen LogP contribution in [-0.4, -0.2) is 18.5 Å². The van der Waals surface area contributed by atoms with Crippen molar-refractivity contribution in [2.75, 3.05) is 6.61 Å². The molecule has 0 bridgehead atoms. The largest absolute Gasteiger partial charge is 0.475 e. The van der Waals surface area contributed by atoms with E-state index in [4.69, 9.17) is 4.74 Å². The second kappa shape index (κ2) is 4.53. The van der Waals surface area contributed by atoms with Crippen molar-refractivity contribution in [2.45, 2.75) is 19.9 Å². The summed E-state index contributed by atoms with van der Waals surface area (Å²) in [5.74, 6) is 0.525. The van der Waals surface area contributed by atoms with E-state index < -0.39 is 0 Å². The van der Waals surface area contributed by atoms with Gasteiger partial charge in [0.1, 0.15) is 12.4 Å². The first-order chi connectivity index (χ1) is 7.58. The quantitative estimate of drug-likeness (QED) is 0.816. The summed E-state index contributed by atoms with van der Waals surface area (Å²) in [5, 5.41) is 0. The second-order valence-corrected chi connectivity index (χ2v) is 5.10. The smallest absolute Gasteiger partial charge is 0.219 e. The van der Waals surface area contributed by atoms with Crippen molar-refractivity contribution < 1.29 is 9.13 Å². The number of aliphatic imine (C=N–C) groups is 1. The van der Waals surface area contributed by atoms with E-state index in [-0.39, 0.29) is 11.9 Å². The molecule has 0 aliphatic carbocycles. The standard InChI is InChI=1S/C12H13BrFNO/c1-7(2)11-6-16-12(15-11)9-5-8(13)3-4-10(9)14/h3-5,7,11H,6H2,1-2H3/t11-/m0/s1. The highest BCUT2D eigenvalue weighted by atomic mass is 79.9. The van der Waals surface area contributed by atoms with E-state index in [1.165, 1.54) is 6.07 Å². The topological polar surface area (TPSA) is 21.6 Å². The number of ether oxygens (including phenoxy) is 1. The molecule has 1 aliphatic heterocycles. The molecule has 2 nitrogen and oxygen atoms in total. The van der Waals surface area contributed by atoms with Gasteiger partial charge in [-0.05, 0) is 24.1 Å². The van der Waals surface area contributed by atoms with Crippen LogP contribution in [-0.2, 0) is 4.74 Å². The monoisotopic (exact) mass is 285 g/mol. The lowest BCUT2D eigenvalue weighted by Crippen LogP contribution is -2.13. The average Bonchev–Trinajstić information content (AvgIpc) is 2.70. The maximum absolute atomic E-state index is 13.6. The van der Waals surface area contributed by atoms with Crippen molar-refractivity contribution >= 4 is 21.8 Å². The molecule has 0 spiro atoms. The predicted molar refractivity (Wildman–Crippen MR) is 65.2 cm³/mol. The highest BCUT2D eigenvalue weighted by molar-refractivity contribution is 9.10. The first-order valence-corrected chi connectivity index (χ1v) is 6.03. The van der Waals surface area contributed by atoms with Gasteiger partial charge in [0.15, 0.2) is 0 Å². The molecule has 0 unspecified atom stereocenters. The predicted octanol–water partition coefficient (Wildman–Crippen LogP) is 3.39. The molecule has 4 heteroatoms. The molecule has 1 aromatic rings. The molecule has 0 fully saturated rings. The van der Waals surface area contributed by atoms with Gasteiger partial charge in [-0.1, -0.05) is 29.8 Å². The molecule has 1 atom stereocenters. The fourth-order valence-electron chi connectivity index (χ4n) is 1.54. The van der Waals surface area contributed by atoms with E-state index in [1.54, 1.807) is 12.1 Å². The van der Waals surface area contributed by atoms with Crippen molar-refractivity contribution in [1.82, 2.24) is 0 Å². The zero-order valence-corrected chi connectivity index (χ0v) is 10.8. The van der Waals surface area contributed by atoms with Crippen LogP contribution in [0.25, 0.3) is 0 Å². The van der Waals surface area contributed by atoms with Gasteiger partial charge in [-0.25, -0.2) is 9.38 Å². The third kappa shape index (κ3) is 2.26. The fraction of sp³-hybridized carbons (Fsp3) is 0.417. The normalized spacial score (nSPS) is 19.8. The molecule has 0 saturated heterocycles. The first-order valence-electron chi connectivity index (χ1n) is 5.24. The summed E-state index contributed by atoms with van der Waals surface area (Å²) in [6.07, 6.45) is 0. The van der Waals surface area contributed by atoms with E-state index in [2.05, 4.69) is 34.8 Å². The van der Waals surface area contributed by atoms with Crippen LogP contribution in [0.2, 0.25) is 0 Å². The maximum Gasteiger partial charge on any atom is 0.219 e. The van der Waals surface area contributed by atoms with E-state index >= 15 is 0 Å². The van der Waals surface area contributed by atoms with Gasteiger partial charge < -0.3 is 4.74 Å². The van der Waals surface area contributed by atoms with E-state index in [0.29, 0.717) is 24.0 Å². The molecule has 2 rings (SSSR count). The van der Waals surface area contributed by atoms with Crippen LogP contribution >= 0.6 is 15.9 Å². The van der Waals surface area contributed by atoms with Crippen molar-refractivity contribution in [1.29, 1.82) is 0 Å². The van der Waals surface area contributed by atoms with E-state index in [1.807, 2.05) is 0 Å². The average molecular weight is 286 g/mol. The van der Waals surface area contributed by atoms with Crippen molar-refractivity contribution in [2.24, 2.45) is 10.9 Å². The van der Waals surface area contributed by atoms with Gasteiger partial charge in [-0.2, -0.15) is 0 Å². The summed E-state index contributed by atoms with van der Waals surface area (Å²) in [6, 6.07) is 4.90. The van der Waals surface area contributed by atoms with Crippen LogP contribution in [0.3, 0.4) is 0 Å². The number of hydrogen-bond acceptors (Lipinski definition) is 2. The molecule has 0 N–H and O–H groups in total. The summed E-state index contributed by atoms with van der Waals surface area (Å²) in [6.45, 7) is 4.70. The molecule has 16 heavy (non-hydrogen) atoms. The Morgan fingerprint density at radius 3 is 2.88 bits per heavy atom. The van der Waals surface area contributed by atoms with Gasteiger partial charge in [0.05, 0.1) is 11.6 Å². The molecule has 1 heterocycles. The number of halogens is 2. The van der Waals surface area contributed by atoms with Crippen molar-refractivity contribution in [3.63, 3.8) is 0 Å². The van der Waals surface area contributed by atoms with Crippen LogP contribution in [0.1, 0.15) is 19.4 Å². The molecule has 0 saturated carbocycles. The molecule has 0 aromatic heterocycles.